The van der Waals surface area contributed by atoms with E-state index in [1.165, 1.54) is 0 Å². The summed E-state index contributed by atoms with van der Waals surface area (Å²) in [5.41, 5.74) is 5.44. The van der Waals surface area contributed by atoms with E-state index in [2.05, 4.69) is 5.32 Å². The summed E-state index contributed by atoms with van der Waals surface area (Å²) in [5, 5.41) is 2.81. The fourth-order valence-corrected chi connectivity index (χ4v) is 1.03. The summed E-state index contributed by atoms with van der Waals surface area (Å²) in [5.74, 6) is 0.420. The lowest BCUT2D eigenvalue weighted by atomic mass is 10.1. The van der Waals surface area contributed by atoms with E-state index in [0.29, 0.717) is 25.5 Å². The van der Waals surface area contributed by atoms with Crippen molar-refractivity contribution in [1.82, 2.24) is 5.32 Å². The van der Waals surface area contributed by atoms with Crippen LogP contribution in [0.15, 0.2) is 0 Å². The summed E-state index contributed by atoms with van der Waals surface area (Å²) in [4.78, 5) is 11.3. The predicted octanol–water partition coefficient (Wildman–Crippen LogP) is 0.122. The molecule has 0 spiro atoms. The van der Waals surface area contributed by atoms with Crippen LogP contribution in [0.4, 0.5) is 0 Å². The molecule has 1 atom stereocenters. The van der Waals surface area contributed by atoms with Gasteiger partial charge in [0.15, 0.2) is 0 Å². The number of amides is 1. The van der Waals surface area contributed by atoms with E-state index in [-0.39, 0.29) is 11.9 Å². The van der Waals surface area contributed by atoms with E-state index in [1.807, 2.05) is 13.8 Å². The van der Waals surface area contributed by atoms with Crippen molar-refractivity contribution in [3.63, 3.8) is 0 Å². The van der Waals surface area contributed by atoms with Crippen LogP contribution in [0.3, 0.4) is 0 Å². The molecule has 0 radical (unpaired) electrons. The highest BCUT2D eigenvalue weighted by molar-refractivity contribution is 5.76. The first kappa shape index (κ1) is 12.4. The molecule has 1 unspecified atom stereocenters. The molecule has 0 rings (SSSR count). The Morgan fingerprint density at radius 3 is 2.54 bits per heavy atom. The Morgan fingerprint density at radius 1 is 1.54 bits per heavy atom. The summed E-state index contributed by atoms with van der Waals surface area (Å²) in [6, 6.07) is -0.0590. The Morgan fingerprint density at radius 2 is 2.15 bits per heavy atom. The maximum atomic E-state index is 11.3. The number of nitrogens with one attached hydrogen (secondary N) is 1. The maximum absolute atomic E-state index is 11.3. The number of hydrogen-bond acceptors (Lipinski definition) is 3. The van der Waals surface area contributed by atoms with Gasteiger partial charge in [-0.15, -0.1) is 0 Å². The fraction of sp³-hybridized carbons (Fsp3) is 0.889. The van der Waals surface area contributed by atoms with Gasteiger partial charge in [0.05, 0.1) is 12.6 Å². The lowest BCUT2D eigenvalue weighted by Crippen LogP contribution is -2.43. The Bertz CT molecular complexity index is 149. The number of methoxy groups -OCH3 is 1. The van der Waals surface area contributed by atoms with Crippen LogP contribution in [0.2, 0.25) is 0 Å². The minimum atomic E-state index is -0.0590. The summed E-state index contributed by atoms with van der Waals surface area (Å²) in [6.45, 7) is 4.90. The van der Waals surface area contributed by atoms with Crippen LogP contribution < -0.4 is 11.1 Å². The number of carbonyl (C=O) groups is 1. The Balaban J connectivity index is 3.73. The first-order valence-electron chi connectivity index (χ1n) is 4.58. The molecule has 0 aliphatic heterocycles. The van der Waals surface area contributed by atoms with E-state index < -0.39 is 0 Å². The minimum Gasteiger partial charge on any atom is -0.383 e. The molecule has 0 aromatic carbocycles. The minimum absolute atomic E-state index is 0.0440. The number of rotatable bonds is 6. The van der Waals surface area contributed by atoms with Crippen molar-refractivity contribution in [3.8, 4) is 0 Å². The molecule has 0 saturated carbocycles. The molecule has 0 aliphatic rings. The molecule has 0 aliphatic carbocycles. The molecule has 4 nitrogen and oxygen atoms in total. The van der Waals surface area contributed by atoms with Gasteiger partial charge in [0.2, 0.25) is 5.91 Å². The maximum Gasteiger partial charge on any atom is 0.220 e. The topological polar surface area (TPSA) is 64.3 Å². The van der Waals surface area contributed by atoms with E-state index >= 15 is 0 Å². The van der Waals surface area contributed by atoms with Crippen LogP contribution in [0.1, 0.15) is 20.3 Å². The van der Waals surface area contributed by atoms with Crippen LogP contribution in [0.5, 0.6) is 0 Å². The molecule has 0 bridgehead atoms. The molecule has 4 heteroatoms. The van der Waals surface area contributed by atoms with Gasteiger partial charge < -0.3 is 15.8 Å². The molecular formula is C9H20N2O2. The Labute approximate surface area is 79.8 Å². The van der Waals surface area contributed by atoms with Crippen molar-refractivity contribution in [2.24, 2.45) is 11.7 Å². The molecule has 1 amide bonds. The van der Waals surface area contributed by atoms with Crippen LogP contribution in [-0.4, -0.2) is 32.2 Å². The highest BCUT2D eigenvalue weighted by Crippen LogP contribution is 1.98. The number of ether oxygens (including phenoxy) is 1. The average molecular weight is 188 g/mol. The van der Waals surface area contributed by atoms with Crippen molar-refractivity contribution in [2.75, 3.05) is 20.3 Å². The highest BCUT2D eigenvalue weighted by atomic mass is 16.5. The van der Waals surface area contributed by atoms with Gasteiger partial charge in [-0.25, -0.2) is 0 Å². The van der Waals surface area contributed by atoms with E-state index in [4.69, 9.17) is 10.5 Å². The van der Waals surface area contributed by atoms with Crippen LogP contribution in [0, 0.1) is 5.92 Å². The third kappa shape index (κ3) is 6.54. The Hall–Kier alpha value is -0.610. The number of nitrogens with two attached hydrogens (primary N) is 1. The van der Waals surface area contributed by atoms with Gasteiger partial charge in [-0.1, -0.05) is 13.8 Å². The molecule has 3 N–H and O–H groups in total. The normalized spacial score (nSPS) is 13.0. The van der Waals surface area contributed by atoms with Gasteiger partial charge in [-0.3, -0.25) is 4.79 Å². The zero-order valence-corrected chi connectivity index (χ0v) is 8.67. The van der Waals surface area contributed by atoms with E-state index in [9.17, 15) is 4.79 Å². The zero-order valence-electron chi connectivity index (χ0n) is 8.67. The first-order valence-corrected chi connectivity index (χ1v) is 4.58. The van der Waals surface area contributed by atoms with Crippen molar-refractivity contribution in [1.29, 1.82) is 0 Å². The predicted molar refractivity (Wildman–Crippen MR) is 52.3 cm³/mol. The second-order valence-electron chi connectivity index (χ2n) is 3.55. The van der Waals surface area contributed by atoms with E-state index in [0.717, 1.165) is 0 Å². The zero-order chi connectivity index (χ0) is 10.3. The van der Waals surface area contributed by atoms with Gasteiger partial charge >= 0.3 is 0 Å². The molecule has 0 aromatic rings. The van der Waals surface area contributed by atoms with Crippen molar-refractivity contribution in [2.45, 2.75) is 26.3 Å². The monoisotopic (exact) mass is 188 g/mol. The van der Waals surface area contributed by atoms with E-state index in [1.54, 1.807) is 7.11 Å². The van der Waals surface area contributed by atoms with Gasteiger partial charge in [-0.05, 0) is 5.92 Å². The number of carbonyl (C=O) groups excluding carboxylic acids is 1. The molecule has 0 fully saturated rings. The van der Waals surface area contributed by atoms with Crippen LogP contribution >= 0.6 is 0 Å². The van der Waals surface area contributed by atoms with Gasteiger partial charge in [0.25, 0.3) is 0 Å². The van der Waals surface area contributed by atoms with Crippen molar-refractivity contribution in [3.05, 3.63) is 0 Å². The number of hydrogen-bond donors (Lipinski definition) is 2. The molecule has 0 saturated heterocycles. The lowest BCUT2D eigenvalue weighted by Gasteiger charge is -2.16. The second-order valence-corrected chi connectivity index (χ2v) is 3.55. The van der Waals surface area contributed by atoms with Gasteiger partial charge in [0, 0.05) is 20.1 Å². The summed E-state index contributed by atoms with van der Waals surface area (Å²) in [7, 11) is 1.59. The summed E-state index contributed by atoms with van der Waals surface area (Å²) in [6.07, 6.45) is 0.542. The molecule has 0 aromatic heterocycles. The third-order valence-electron chi connectivity index (χ3n) is 1.61. The molecule has 0 heterocycles. The lowest BCUT2D eigenvalue weighted by molar-refractivity contribution is -0.122. The fourth-order valence-electron chi connectivity index (χ4n) is 1.03. The molecular weight excluding hydrogens is 168 g/mol. The van der Waals surface area contributed by atoms with Crippen LogP contribution in [0.25, 0.3) is 0 Å². The van der Waals surface area contributed by atoms with Crippen LogP contribution in [-0.2, 0) is 9.53 Å². The molecule has 78 valence electrons. The largest absolute Gasteiger partial charge is 0.383 e. The second kappa shape index (κ2) is 6.86. The standard InChI is InChI=1S/C9H20N2O2/c1-7(2)4-9(12)11-8(5-10)6-13-3/h7-8H,4-6,10H2,1-3H3,(H,11,12). The van der Waals surface area contributed by atoms with Gasteiger partial charge in [0.1, 0.15) is 0 Å². The average Bonchev–Trinajstić information content (AvgIpc) is 2.02. The summed E-state index contributed by atoms with van der Waals surface area (Å²) >= 11 is 0. The SMILES string of the molecule is COCC(CN)NC(=O)CC(C)C. The van der Waals surface area contributed by atoms with Gasteiger partial charge in [-0.2, -0.15) is 0 Å². The third-order valence-corrected chi connectivity index (χ3v) is 1.61. The Kier molecular flexibility index (Phi) is 6.54. The van der Waals surface area contributed by atoms with Crippen molar-refractivity contribution >= 4 is 5.91 Å². The summed E-state index contributed by atoms with van der Waals surface area (Å²) < 4.78 is 4.91. The quantitative estimate of drug-likeness (QED) is 0.622. The molecule has 13 heavy (non-hydrogen) atoms. The smallest absolute Gasteiger partial charge is 0.220 e. The highest BCUT2D eigenvalue weighted by Gasteiger charge is 2.10. The first-order chi connectivity index (χ1) is 6.10. The van der Waals surface area contributed by atoms with Crippen molar-refractivity contribution < 1.29 is 9.53 Å².